The van der Waals surface area contributed by atoms with Gasteiger partial charge in [0.05, 0.1) is 12.6 Å². The van der Waals surface area contributed by atoms with E-state index in [1.165, 1.54) is 0 Å². The molecule has 0 radical (unpaired) electrons. The fourth-order valence-corrected chi connectivity index (χ4v) is 3.05. The molecule has 1 atom stereocenters. The molecule has 0 aliphatic carbocycles. The van der Waals surface area contributed by atoms with Gasteiger partial charge in [0.25, 0.3) is 0 Å². The van der Waals surface area contributed by atoms with E-state index < -0.39 is 0 Å². The minimum absolute atomic E-state index is 0. The summed E-state index contributed by atoms with van der Waals surface area (Å²) in [7, 11) is 0. The lowest BCUT2D eigenvalue weighted by Crippen LogP contribution is -2.54. The molecule has 2 fully saturated rings. The molecule has 2 amide bonds. The normalized spacial score (nSPS) is 21.4. The van der Waals surface area contributed by atoms with Gasteiger partial charge in [-0.15, -0.1) is 12.4 Å². The van der Waals surface area contributed by atoms with E-state index >= 15 is 0 Å². The van der Waals surface area contributed by atoms with Gasteiger partial charge in [0.1, 0.15) is 5.76 Å². The van der Waals surface area contributed by atoms with E-state index in [1.807, 2.05) is 9.80 Å². The Labute approximate surface area is 147 Å². The average molecular weight is 358 g/mol. The number of hydrogen-bond acceptors (Lipinski definition) is 6. The summed E-state index contributed by atoms with van der Waals surface area (Å²) in [6.07, 6.45) is 2.00. The van der Waals surface area contributed by atoms with Crippen LogP contribution in [0.3, 0.4) is 0 Å². The Morgan fingerprint density at radius 1 is 1.38 bits per heavy atom. The van der Waals surface area contributed by atoms with E-state index in [4.69, 9.17) is 4.52 Å². The molecule has 1 aromatic rings. The van der Waals surface area contributed by atoms with Crippen LogP contribution in [0.25, 0.3) is 0 Å². The number of nitrogens with zero attached hydrogens (tertiary/aromatic N) is 3. The number of nitrogens with one attached hydrogen (secondary N) is 2. The molecule has 2 aliphatic rings. The summed E-state index contributed by atoms with van der Waals surface area (Å²) in [4.78, 5) is 28.3. The molecular weight excluding hydrogens is 334 g/mol. The highest BCUT2D eigenvalue weighted by Gasteiger charge is 2.29. The van der Waals surface area contributed by atoms with Gasteiger partial charge in [-0.3, -0.25) is 14.5 Å². The lowest BCUT2D eigenvalue weighted by Gasteiger charge is -2.35. The van der Waals surface area contributed by atoms with Gasteiger partial charge >= 0.3 is 0 Å². The predicted octanol–water partition coefficient (Wildman–Crippen LogP) is 0.240. The molecule has 8 nitrogen and oxygen atoms in total. The lowest BCUT2D eigenvalue weighted by molar-refractivity contribution is -0.135. The predicted molar refractivity (Wildman–Crippen MR) is 91.2 cm³/mol. The van der Waals surface area contributed by atoms with Crippen molar-refractivity contribution in [2.24, 2.45) is 0 Å². The van der Waals surface area contributed by atoms with E-state index in [1.54, 1.807) is 13.0 Å². The number of hydrogen-bond donors (Lipinski definition) is 2. The minimum atomic E-state index is -0.115. The van der Waals surface area contributed by atoms with Crippen molar-refractivity contribution in [3.63, 3.8) is 0 Å². The highest BCUT2D eigenvalue weighted by atomic mass is 35.5. The summed E-state index contributed by atoms with van der Waals surface area (Å²) in [6.45, 7) is 5.78. The van der Waals surface area contributed by atoms with Crippen LogP contribution in [0.1, 0.15) is 18.6 Å². The van der Waals surface area contributed by atoms with Crippen molar-refractivity contribution in [3.05, 3.63) is 11.8 Å². The molecule has 2 aliphatic heterocycles. The summed E-state index contributed by atoms with van der Waals surface area (Å²) in [5.74, 6) is 1.18. The molecule has 0 saturated carbocycles. The number of aromatic nitrogens is 1. The summed E-state index contributed by atoms with van der Waals surface area (Å²) in [5.41, 5.74) is 0. The number of anilines is 1. The molecule has 0 aromatic carbocycles. The molecule has 2 saturated heterocycles. The third-order valence-electron chi connectivity index (χ3n) is 4.31. The lowest BCUT2D eigenvalue weighted by atomic mass is 10.2. The zero-order chi connectivity index (χ0) is 16.2. The topological polar surface area (TPSA) is 90.7 Å². The minimum Gasteiger partial charge on any atom is -0.360 e. The molecule has 134 valence electrons. The van der Waals surface area contributed by atoms with Gasteiger partial charge < -0.3 is 20.1 Å². The van der Waals surface area contributed by atoms with Crippen molar-refractivity contribution >= 4 is 30.0 Å². The van der Waals surface area contributed by atoms with Crippen molar-refractivity contribution in [1.29, 1.82) is 0 Å². The van der Waals surface area contributed by atoms with Crippen molar-refractivity contribution in [2.75, 3.05) is 44.6 Å². The maximum Gasteiger partial charge on any atom is 0.239 e. The Kier molecular flexibility index (Phi) is 6.59. The molecular formula is C15H24ClN5O3. The number of aryl methyl sites for hydroxylation is 1. The van der Waals surface area contributed by atoms with Gasteiger partial charge in [-0.2, -0.15) is 0 Å². The maximum absolute atomic E-state index is 12.3. The van der Waals surface area contributed by atoms with Crippen molar-refractivity contribution in [2.45, 2.75) is 25.8 Å². The Bertz CT molecular complexity index is 565. The van der Waals surface area contributed by atoms with Gasteiger partial charge in [-0.1, -0.05) is 5.16 Å². The quantitative estimate of drug-likeness (QED) is 0.802. The first-order chi connectivity index (χ1) is 11.1. The van der Waals surface area contributed by atoms with Crippen LogP contribution in [0.2, 0.25) is 0 Å². The second kappa shape index (κ2) is 8.46. The Morgan fingerprint density at radius 2 is 2.12 bits per heavy atom. The fraction of sp³-hybridized carbons (Fsp3) is 0.667. The molecule has 24 heavy (non-hydrogen) atoms. The van der Waals surface area contributed by atoms with Gasteiger partial charge in [0.2, 0.25) is 11.8 Å². The second-order valence-corrected chi connectivity index (χ2v) is 6.12. The first-order valence-electron chi connectivity index (χ1n) is 8.09. The zero-order valence-corrected chi connectivity index (χ0v) is 14.6. The number of halogens is 1. The fourth-order valence-electron chi connectivity index (χ4n) is 3.05. The SMILES string of the molecule is Cc1cc(NC(=O)CN2CCN(C(=O)C3CCCN3)CC2)no1.Cl. The number of amides is 2. The van der Waals surface area contributed by atoms with E-state index in [0.717, 1.165) is 19.4 Å². The molecule has 9 heteroatoms. The number of carbonyl (C=O) groups excluding carboxylic acids is 2. The number of rotatable bonds is 4. The zero-order valence-electron chi connectivity index (χ0n) is 13.8. The summed E-state index contributed by atoms with van der Waals surface area (Å²) < 4.78 is 4.92. The molecule has 0 bridgehead atoms. The largest absolute Gasteiger partial charge is 0.360 e. The first kappa shape index (κ1) is 18.7. The number of carbonyl (C=O) groups is 2. The molecule has 0 spiro atoms. The van der Waals surface area contributed by atoms with Gasteiger partial charge in [-0.25, -0.2) is 0 Å². The van der Waals surface area contributed by atoms with Crippen LogP contribution in [-0.4, -0.2) is 72.1 Å². The molecule has 1 unspecified atom stereocenters. The first-order valence-corrected chi connectivity index (χ1v) is 8.09. The number of piperazine rings is 1. The van der Waals surface area contributed by atoms with Gasteiger partial charge in [0, 0.05) is 32.2 Å². The molecule has 1 aromatic heterocycles. The molecule has 2 N–H and O–H groups in total. The van der Waals surface area contributed by atoms with E-state index in [2.05, 4.69) is 15.8 Å². The van der Waals surface area contributed by atoms with Crippen molar-refractivity contribution in [3.8, 4) is 0 Å². The van der Waals surface area contributed by atoms with Crippen LogP contribution in [0.4, 0.5) is 5.82 Å². The van der Waals surface area contributed by atoms with Crippen LogP contribution in [0, 0.1) is 6.92 Å². The van der Waals surface area contributed by atoms with Crippen molar-refractivity contribution < 1.29 is 14.1 Å². The third kappa shape index (κ3) is 4.68. The van der Waals surface area contributed by atoms with Gasteiger partial charge in [-0.05, 0) is 26.3 Å². The standard InChI is InChI=1S/C15H23N5O3.ClH/c1-11-9-13(18-23-11)17-14(21)10-19-5-7-20(8-6-19)15(22)12-3-2-4-16-12;/h9,12,16H,2-8,10H2,1H3,(H,17,18,21);1H. The van der Waals surface area contributed by atoms with Crippen LogP contribution in [0.15, 0.2) is 10.6 Å². The van der Waals surface area contributed by atoms with Gasteiger partial charge in [0.15, 0.2) is 5.82 Å². The Hall–Kier alpha value is -1.64. The third-order valence-corrected chi connectivity index (χ3v) is 4.31. The molecule has 3 rings (SSSR count). The molecule has 3 heterocycles. The average Bonchev–Trinajstić information content (AvgIpc) is 3.19. The van der Waals surface area contributed by atoms with Crippen molar-refractivity contribution in [1.82, 2.24) is 20.3 Å². The second-order valence-electron chi connectivity index (χ2n) is 6.12. The van der Waals surface area contributed by atoms with E-state index in [0.29, 0.717) is 44.3 Å². The summed E-state index contributed by atoms with van der Waals surface area (Å²) in [5, 5.41) is 9.70. The van der Waals surface area contributed by atoms with Crippen LogP contribution >= 0.6 is 12.4 Å². The monoisotopic (exact) mass is 357 g/mol. The van der Waals surface area contributed by atoms with Crippen LogP contribution < -0.4 is 10.6 Å². The Balaban J connectivity index is 0.00000208. The van der Waals surface area contributed by atoms with E-state index in [-0.39, 0.29) is 30.3 Å². The Morgan fingerprint density at radius 3 is 2.71 bits per heavy atom. The maximum atomic E-state index is 12.3. The highest BCUT2D eigenvalue weighted by molar-refractivity contribution is 5.91. The summed E-state index contributed by atoms with van der Waals surface area (Å²) in [6, 6.07) is 1.67. The smallest absolute Gasteiger partial charge is 0.239 e. The van der Waals surface area contributed by atoms with E-state index in [9.17, 15) is 9.59 Å². The summed E-state index contributed by atoms with van der Waals surface area (Å²) >= 11 is 0. The highest BCUT2D eigenvalue weighted by Crippen LogP contribution is 2.11. The van der Waals surface area contributed by atoms with Crippen LogP contribution in [0.5, 0.6) is 0 Å². The van der Waals surface area contributed by atoms with Crippen LogP contribution in [-0.2, 0) is 9.59 Å².